The molecule has 1 aromatic carbocycles. The minimum absolute atomic E-state index is 0.0322. The van der Waals surface area contributed by atoms with E-state index in [2.05, 4.69) is 23.5 Å². The van der Waals surface area contributed by atoms with Crippen LogP contribution in [0.3, 0.4) is 0 Å². The molecule has 2 amide bonds. The van der Waals surface area contributed by atoms with Crippen molar-refractivity contribution >= 4 is 11.8 Å². The maximum absolute atomic E-state index is 13.8. The van der Waals surface area contributed by atoms with Gasteiger partial charge in [-0.05, 0) is 39.2 Å². The zero-order valence-corrected chi connectivity index (χ0v) is 17.4. The van der Waals surface area contributed by atoms with Gasteiger partial charge in [0.1, 0.15) is 11.6 Å². The second-order valence-corrected chi connectivity index (χ2v) is 9.98. The largest absolute Gasteiger partial charge is 0.359 e. The molecule has 5 nitrogen and oxygen atoms in total. The lowest BCUT2D eigenvalue weighted by molar-refractivity contribution is -0.145. The van der Waals surface area contributed by atoms with Gasteiger partial charge in [0.15, 0.2) is 0 Å². The number of amides is 2. The molecule has 2 saturated heterocycles. The number of fused-ring (bicyclic) bond motifs is 1. The number of ether oxygens (including phenoxy) is 1. The predicted molar refractivity (Wildman–Crippen MR) is 110 cm³/mol. The Labute approximate surface area is 172 Å². The first-order valence-electron chi connectivity index (χ1n) is 10.9. The average Bonchev–Trinajstić information content (AvgIpc) is 3.43. The maximum Gasteiger partial charge on any atom is 0.246 e. The summed E-state index contributed by atoms with van der Waals surface area (Å²) in [5, 5.41) is 3.24. The van der Waals surface area contributed by atoms with Gasteiger partial charge in [0, 0.05) is 17.5 Å². The zero-order chi connectivity index (χ0) is 20.4. The normalized spacial score (nSPS) is 36.1. The molecule has 3 fully saturated rings. The summed E-state index contributed by atoms with van der Waals surface area (Å²) >= 11 is 0. The van der Waals surface area contributed by atoms with Crippen LogP contribution < -0.4 is 5.32 Å². The number of hydrogen-bond donors (Lipinski definition) is 1. The second kappa shape index (κ2) is 6.43. The lowest BCUT2D eigenvalue weighted by Gasteiger charge is -2.40. The summed E-state index contributed by atoms with van der Waals surface area (Å²) in [5.41, 5.74) is -0.240. The molecule has 3 heterocycles. The third kappa shape index (κ3) is 2.70. The molecule has 0 radical (unpaired) electrons. The van der Waals surface area contributed by atoms with Crippen LogP contribution in [0.2, 0.25) is 0 Å². The molecule has 5 atom stereocenters. The fourth-order valence-corrected chi connectivity index (χ4v) is 6.00. The number of carbonyl (C=O) groups excluding carboxylic acids is 2. The summed E-state index contributed by atoms with van der Waals surface area (Å²) < 4.78 is 6.51. The molecule has 0 unspecified atom stereocenters. The highest BCUT2D eigenvalue weighted by Gasteiger charge is 2.72. The van der Waals surface area contributed by atoms with Crippen LogP contribution in [0, 0.1) is 5.92 Å². The number of likely N-dealkylation sites (tertiary alicyclic amines) is 1. The number of hydrogen-bond acceptors (Lipinski definition) is 3. The first-order valence-corrected chi connectivity index (χ1v) is 10.9. The van der Waals surface area contributed by atoms with Crippen LogP contribution in [0.1, 0.15) is 57.9 Å². The van der Waals surface area contributed by atoms with Gasteiger partial charge in [-0.15, -0.1) is 0 Å². The first kappa shape index (κ1) is 18.9. The van der Waals surface area contributed by atoms with E-state index in [9.17, 15) is 9.59 Å². The highest BCUT2D eigenvalue weighted by molar-refractivity contribution is 5.97. The molecule has 3 aliphatic heterocycles. The number of rotatable bonds is 3. The summed E-state index contributed by atoms with van der Waals surface area (Å²) in [5.74, 6) is -0.451. The fourth-order valence-electron chi connectivity index (χ4n) is 6.00. The Morgan fingerprint density at radius 3 is 2.52 bits per heavy atom. The van der Waals surface area contributed by atoms with E-state index in [1.54, 1.807) is 4.90 Å². The van der Waals surface area contributed by atoms with Crippen LogP contribution >= 0.6 is 0 Å². The van der Waals surface area contributed by atoms with E-state index in [0.29, 0.717) is 0 Å². The molecule has 5 heteroatoms. The summed E-state index contributed by atoms with van der Waals surface area (Å²) in [6.07, 6.45) is 8.25. The number of carbonyl (C=O) groups is 2. The monoisotopic (exact) mass is 394 g/mol. The van der Waals surface area contributed by atoms with Crippen molar-refractivity contribution in [3.63, 3.8) is 0 Å². The average molecular weight is 395 g/mol. The van der Waals surface area contributed by atoms with Crippen LogP contribution in [0.15, 0.2) is 42.5 Å². The van der Waals surface area contributed by atoms with Crippen molar-refractivity contribution in [3.05, 3.63) is 48.0 Å². The Bertz CT molecular complexity index is 853. The van der Waals surface area contributed by atoms with Crippen LogP contribution in [0.4, 0.5) is 0 Å². The van der Waals surface area contributed by atoms with E-state index in [1.807, 2.05) is 45.0 Å². The van der Waals surface area contributed by atoms with Crippen molar-refractivity contribution in [2.24, 2.45) is 5.92 Å². The van der Waals surface area contributed by atoms with E-state index >= 15 is 0 Å². The van der Waals surface area contributed by atoms with Gasteiger partial charge >= 0.3 is 0 Å². The molecule has 1 aliphatic carbocycles. The fraction of sp³-hybridized carbons (Fsp3) is 0.583. The topological polar surface area (TPSA) is 58.6 Å². The predicted octanol–water partition coefficient (Wildman–Crippen LogP) is 3.16. The van der Waals surface area contributed by atoms with E-state index in [1.165, 1.54) is 0 Å². The quantitative estimate of drug-likeness (QED) is 0.801. The molecule has 1 spiro atoms. The molecule has 5 rings (SSSR count). The summed E-state index contributed by atoms with van der Waals surface area (Å²) in [6, 6.07) is 9.71. The maximum atomic E-state index is 13.8. The van der Waals surface area contributed by atoms with Gasteiger partial charge in [-0.1, -0.05) is 55.3 Å². The van der Waals surface area contributed by atoms with Crippen molar-refractivity contribution in [1.29, 1.82) is 0 Å². The highest BCUT2D eigenvalue weighted by Crippen LogP contribution is 2.59. The third-order valence-corrected chi connectivity index (χ3v) is 7.13. The molecular formula is C24H30N2O3. The molecule has 1 saturated carbocycles. The standard InChI is InChI=1S/C24H30N2O3/c1-23(2,3)26-20(21(27)25-16-11-7-8-12-16)24-14-13-17(29-24)18(19(24)22(26)28)15-9-5-4-6-10-15/h4-6,9-10,13-14,16-20H,7-8,11-12H2,1-3H3,(H,25,27)/t17-,18+,19+,20+,24+/m1/s1. The van der Waals surface area contributed by atoms with Gasteiger partial charge in [0.25, 0.3) is 0 Å². The molecule has 2 bridgehead atoms. The molecule has 1 N–H and O–H groups in total. The molecule has 0 aromatic heterocycles. The highest BCUT2D eigenvalue weighted by atomic mass is 16.5. The SMILES string of the molecule is CC(C)(C)N1C(=O)[C@@H]2[C@@H](c3ccccc3)[C@H]3C=C[C@@]2(O3)[C@@H]1C(=O)NC1CCCC1. The molecule has 1 aromatic rings. The van der Waals surface area contributed by atoms with E-state index in [0.717, 1.165) is 31.2 Å². The van der Waals surface area contributed by atoms with Crippen molar-refractivity contribution in [2.75, 3.05) is 0 Å². The summed E-state index contributed by atoms with van der Waals surface area (Å²) in [6.45, 7) is 6.02. The number of nitrogens with one attached hydrogen (secondary N) is 1. The molecular weight excluding hydrogens is 364 g/mol. The summed E-state index contributed by atoms with van der Waals surface area (Å²) in [7, 11) is 0. The molecule has 29 heavy (non-hydrogen) atoms. The van der Waals surface area contributed by atoms with Crippen molar-refractivity contribution in [2.45, 2.75) is 81.7 Å². The van der Waals surface area contributed by atoms with E-state index in [4.69, 9.17) is 4.74 Å². The van der Waals surface area contributed by atoms with Crippen LogP contribution in [0.5, 0.6) is 0 Å². The minimum Gasteiger partial charge on any atom is -0.359 e. The first-order chi connectivity index (χ1) is 13.8. The smallest absolute Gasteiger partial charge is 0.246 e. The number of benzene rings is 1. The van der Waals surface area contributed by atoms with E-state index < -0.39 is 17.2 Å². The third-order valence-electron chi connectivity index (χ3n) is 7.13. The van der Waals surface area contributed by atoms with Crippen molar-refractivity contribution in [1.82, 2.24) is 10.2 Å². The Kier molecular flexibility index (Phi) is 4.18. The Morgan fingerprint density at radius 1 is 1.17 bits per heavy atom. The Morgan fingerprint density at radius 2 is 1.86 bits per heavy atom. The van der Waals surface area contributed by atoms with Gasteiger partial charge in [-0.25, -0.2) is 0 Å². The van der Waals surface area contributed by atoms with Crippen molar-refractivity contribution < 1.29 is 14.3 Å². The van der Waals surface area contributed by atoms with Crippen LogP contribution in [-0.4, -0.2) is 46.0 Å². The zero-order valence-electron chi connectivity index (χ0n) is 17.4. The van der Waals surface area contributed by atoms with Gasteiger partial charge in [-0.2, -0.15) is 0 Å². The van der Waals surface area contributed by atoms with Crippen LogP contribution in [0.25, 0.3) is 0 Å². The Balaban J connectivity index is 1.56. The number of nitrogens with zero attached hydrogens (tertiary/aromatic N) is 1. The van der Waals surface area contributed by atoms with Gasteiger partial charge in [0.2, 0.25) is 11.8 Å². The van der Waals surface area contributed by atoms with E-state index in [-0.39, 0.29) is 35.8 Å². The van der Waals surface area contributed by atoms with Crippen LogP contribution in [-0.2, 0) is 14.3 Å². The van der Waals surface area contributed by atoms with Gasteiger partial charge in [0.05, 0.1) is 12.0 Å². The lowest BCUT2D eigenvalue weighted by Crippen LogP contribution is -2.60. The summed E-state index contributed by atoms with van der Waals surface area (Å²) in [4.78, 5) is 29.1. The minimum atomic E-state index is -0.877. The molecule has 4 aliphatic rings. The Hall–Kier alpha value is -2.14. The second-order valence-electron chi connectivity index (χ2n) is 9.98. The van der Waals surface area contributed by atoms with Crippen molar-refractivity contribution in [3.8, 4) is 0 Å². The molecule has 154 valence electrons. The lowest BCUT2D eigenvalue weighted by atomic mass is 9.72. The van der Waals surface area contributed by atoms with Gasteiger partial charge < -0.3 is 15.0 Å². The van der Waals surface area contributed by atoms with Gasteiger partial charge in [-0.3, -0.25) is 9.59 Å².